The van der Waals surface area contributed by atoms with E-state index in [1.165, 1.54) is 48.5 Å². The zero-order chi connectivity index (χ0) is 25.1. The lowest BCUT2D eigenvalue weighted by atomic mass is 10.1. The first-order valence-electron chi connectivity index (χ1n) is 10.2. The van der Waals surface area contributed by atoms with Gasteiger partial charge in [-0.05, 0) is 30.7 Å². The van der Waals surface area contributed by atoms with Gasteiger partial charge in [0.2, 0.25) is 12.2 Å². The second kappa shape index (κ2) is 12.9. The maximum Gasteiger partial charge on any atom is 0.349 e. The molecule has 0 unspecified atom stereocenters. The zero-order valence-electron chi connectivity index (χ0n) is 18.0. The van der Waals surface area contributed by atoms with Gasteiger partial charge in [0.1, 0.15) is 0 Å². The Hall–Kier alpha value is -4.02. The molecule has 10 heteroatoms. The van der Waals surface area contributed by atoms with Crippen molar-refractivity contribution < 1.29 is 44.0 Å². The van der Waals surface area contributed by atoms with Gasteiger partial charge in [-0.15, -0.1) is 0 Å². The molecule has 4 atom stereocenters. The molecule has 1 aliphatic carbocycles. The number of carboxylic acid groups (broad SMARTS) is 2. The highest BCUT2D eigenvalue weighted by molar-refractivity contribution is 5.95. The number of benzene rings is 2. The maximum atomic E-state index is 12.0. The fourth-order valence-electron chi connectivity index (χ4n) is 2.94. The zero-order valence-corrected chi connectivity index (χ0v) is 18.0. The Kier molecular flexibility index (Phi) is 9.93. The Morgan fingerprint density at radius 2 is 1.21 bits per heavy atom. The highest BCUT2D eigenvalue weighted by Gasteiger charge is 2.41. The van der Waals surface area contributed by atoms with Gasteiger partial charge in [-0.2, -0.15) is 0 Å². The summed E-state index contributed by atoms with van der Waals surface area (Å²) in [4.78, 5) is 46.8. The van der Waals surface area contributed by atoms with Crippen LogP contribution in [-0.2, 0) is 19.1 Å². The predicted octanol–water partition coefficient (Wildman–Crippen LogP) is 1.49. The number of esters is 2. The minimum Gasteiger partial charge on any atom is -0.478 e. The molecule has 0 saturated heterocycles. The Bertz CT molecular complexity index is 938. The molecule has 1 aliphatic rings. The molecule has 5 N–H and O–H groups in total. The number of hydrogen-bond donors (Lipinski definition) is 4. The first-order chi connectivity index (χ1) is 16.2. The summed E-state index contributed by atoms with van der Waals surface area (Å²) in [5.41, 5.74) is 5.55. The number of carbonyl (C=O) groups is 4. The van der Waals surface area contributed by atoms with Gasteiger partial charge < -0.3 is 30.5 Å². The highest BCUT2D eigenvalue weighted by Crippen LogP contribution is 2.15. The summed E-state index contributed by atoms with van der Waals surface area (Å²) in [6, 6.07) is 15.0. The summed E-state index contributed by atoms with van der Waals surface area (Å²) >= 11 is 0. The van der Waals surface area contributed by atoms with Crippen molar-refractivity contribution in [2.75, 3.05) is 6.61 Å². The topological polar surface area (TPSA) is 173 Å². The van der Waals surface area contributed by atoms with Crippen molar-refractivity contribution in [3.8, 4) is 0 Å². The van der Waals surface area contributed by atoms with Gasteiger partial charge in [0, 0.05) is 18.6 Å². The number of aliphatic hydroxyl groups excluding tert-OH is 1. The number of ether oxygens (including phenoxy) is 2. The van der Waals surface area contributed by atoms with Crippen molar-refractivity contribution in [1.82, 2.24) is 0 Å². The van der Waals surface area contributed by atoms with Gasteiger partial charge in [0.15, 0.2) is 0 Å². The van der Waals surface area contributed by atoms with E-state index in [4.69, 9.17) is 20.3 Å². The van der Waals surface area contributed by atoms with Crippen LogP contribution >= 0.6 is 0 Å². The van der Waals surface area contributed by atoms with Crippen LogP contribution in [0.4, 0.5) is 0 Å². The summed E-state index contributed by atoms with van der Waals surface area (Å²) in [6.07, 6.45) is 0.405. The van der Waals surface area contributed by atoms with Crippen LogP contribution in [0, 0.1) is 5.92 Å². The van der Waals surface area contributed by atoms with Gasteiger partial charge in [-0.1, -0.05) is 48.6 Å². The van der Waals surface area contributed by atoms with E-state index in [0.29, 0.717) is 5.92 Å². The molecule has 2 aromatic carbocycles. The average Bonchev–Trinajstić information content (AvgIpc) is 3.27. The highest BCUT2D eigenvalue weighted by atomic mass is 16.6. The maximum absolute atomic E-state index is 12.0. The van der Waals surface area contributed by atoms with E-state index >= 15 is 0 Å². The second-order valence-corrected chi connectivity index (χ2v) is 7.29. The van der Waals surface area contributed by atoms with Crippen LogP contribution < -0.4 is 5.73 Å². The second-order valence-electron chi connectivity index (χ2n) is 7.29. The molecule has 0 fully saturated rings. The van der Waals surface area contributed by atoms with Gasteiger partial charge in [-0.3, -0.25) is 0 Å². The molecule has 10 nitrogen and oxygen atoms in total. The van der Waals surface area contributed by atoms with Crippen molar-refractivity contribution >= 4 is 23.9 Å². The molecule has 0 aromatic heterocycles. The Morgan fingerprint density at radius 1 is 0.794 bits per heavy atom. The van der Waals surface area contributed by atoms with Crippen molar-refractivity contribution in [2.24, 2.45) is 11.7 Å². The molecule has 0 radical (unpaired) electrons. The van der Waals surface area contributed by atoms with E-state index in [1.54, 1.807) is 12.1 Å². The number of carboxylic acids is 2. The number of aliphatic hydroxyl groups is 1. The fourth-order valence-corrected chi connectivity index (χ4v) is 2.94. The van der Waals surface area contributed by atoms with E-state index in [0.717, 1.165) is 6.42 Å². The summed E-state index contributed by atoms with van der Waals surface area (Å²) in [6.45, 7) is 0.240. The van der Waals surface area contributed by atoms with Crippen molar-refractivity contribution in [2.45, 2.75) is 24.7 Å². The van der Waals surface area contributed by atoms with Crippen LogP contribution in [-0.4, -0.2) is 64.1 Å². The first kappa shape index (κ1) is 26.2. The van der Waals surface area contributed by atoms with Crippen LogP contribution in [0.15, 0.2) is 72.8 Å². The van der Waals surface area contributed by atoms with Crippen molar-refractivity contribution in [3.05, 3.63) is 83.9 Å². The van der Waals surface area contributed by atoms with Gasteiger partial charge >= 0.3 is 23.9 Å². The van der Waals surface area contributed by atoms with Crippen molar-refractivity contribution in [1.29, 1.82) is 0 Å². The van der Waals surface area contributed by atoms with Crippen LogP contribution in [0.1, 0.15) is 27.1 Å². The standard InChI is InChI=1S/C18H14O8.C6H11NO/c19-15(20)13(25-17(23)11-7-3-1-4-8-11)14(16(21)22)26-18(24)12-9-5-2-6-10-12;7-6-2-1-5(3-6)4-8/h1-10,13-14H,(H,19,20)(H,21,22);1-2,5-6,8H,3-4,7H2/t13-,14-;5-,6+/m11/s1. The minimum absolute atomic E-state index is 0.0253. The molecule has 3 rings (SSSR count). The van der Waals surface area contributed by atoms with Crippen molar-refractivity contribution in [3.63, 3.8) is 0 Å². The molecule has 0 amide bonds. The lowest BCUT2D eigenvalue weighted by Crippen LogP contribution is -2.45. The third-order valence-electron chi connectivity index (χ3n) is 4.69. The molecule has 34 heavy (non-hydrogen) atoms. The average molecular weight is 471 g/mol. The molecular weight excluding hydrogens is 446 g/mol. The molecule has 0 bridgehead atoms. The van der Waals surface area contributed by atoms with Gasteiger partial charge in [0.05, 0.1) is 11.1 Å². The molecular formula is C24H25NO9. The number of rotatable bonds is 8. The number of nitrogens with two attached hydrogens (primary N) is 1. The molecule has 0 heterocycles. The van der Waals surface area contributed by atoms with E-state index in [9.17, 15) is 29.4 Å². The number of carbonyl (C=O) groups excluding carboxylic acids is 2. The molecule has 0 spiro atoms. The van der Waals surface area contributed by atoms with E-state index < -0.39 is 36.1 Å². The predicted molar refractivity (Wildman–Crippen MR) is 119 cm³/mol. The van der Waals surface area contributed by atoms with Gasteiger partial charge in [0.25, 0.3) is 0 Å². The largest absolute Gasteiger partial charge is 0.478 e. The smallest absolute Gasteiger partial charge is 0.349 e. The Balaban J connectivity index is 0.000000430. The summed E-state index contributed by atoms with van der Waals surface area (Å²) < 4.78 is 9.52. The minimum atomic E-state index is -2.21. The lowest BCUT2D eigenvalue weighted by molar-refractivity contribution is -0.166. The number of aliphatic carboxylic acids is 2. The van der Waals surface area contributed by atoms with E-state index in [1.807, 2.05) is 12.2 Å². The quantitative estimate of drug-likeness (QED) is 0.326. The SMILES string of the molecule is N[C@H]1C=C[C@@H](CO)C1.O=C(O[C@@H](C(=O)O)[C@@H](OC(=O)c1ccccc1)C(=O)O)c1ccccc1. The van der Waals surface area contributed by atoms with Crippen LogP contribution in [0.2, 0.25) is 0 Å². The first-order valence-corrected chi connectivity index (χ1v) is 10.2. The van der Waals surface area contributed by atoms with Gasteiger partial charge in [-0.25, -0.2) is 19.2 Å². The summed E-state index contributed by atoms with van der Waals surface area (Å²) in [7, 11) is 0. The van der Waals surface area contributed by atoms with Crippen LogP contribution in [0.5, 0.6) is 0 Å². The molecule has 2 aromatic rings. The fraction of sp³-hybridized carbons (Fsp3) is 0.250. The normalized spacial score (nSPS) is 18.1. The third kappa shape index (κ3) is 7.84. The monoisotopic (exact) mass is 471 g/mol. The Labute approximate surface area is 195 Å². The Morgan fingerprint density at radius 3 is 1.47 bits per heavy atom. The summed E-state index contributed by atoms with van der Waals surface area (Å²) in [5.74, 6) is -5.31. The summed E-state index contributed by atoms with van der Waals surface area (Å²) in [5, 5.41) is 27.1. The molecule has 0 aliphatic heterocycles. The van der Waals surface area contributed by atoms with Crippen LogP contribution in [0.25, 0.3) is 0 Å². The van der Waals surface area contributed by atoms with E-state index in [-0.39, 0.29) is 23.8 Å². The molecule has 180 valence electrons. The van der Waals surface area contributed by atoms with E-state index in [2.05, 4.69) is 0 Å². The van der Waals surface area contributed by atoms with Crippen LogP contribution in [0.3, 0.4) is 0 Å². The lowest BCUT2D eigenvalue weighted by Gasteiger charge is -2.21. The molecule has 0 saturated carbocycles. The third-order valence-corrected chi connectivity index (χ3v) is 4.69. The number of hydrogen-bond acceptors (Lipinski definition) is 8.